The van der Waals surface area contributed by atoms with Crippen LogP contribution in [0.2, 0.25) is 0 Å². The second kappa shape index (κ2) is 4.17. The van der Waals surface area contributed by atoms with E-state index in [1.54, 1.807) is 0 Å². The van der Waals surface area contributed by atoms with Crippen LogP contribution in [0.3, 0.4) is 0 Å². The fourth-order valence-electron chi connectivity index (χ4n) is 0.212. The first-order chi connectivity index (χ1) is 4.22. The van der Waals surface area contributed by atoms with Crippen molar-refractivity contribution in [2.75, 3.05) is 6.67 Å². The molecule has 0 fully saturated rings. The molecule has 53 valence electrons. The maximum Gasteiger partial charge on any atom is 0.418 e. The first-order valence-corrected chi connectivity index (χ1v) is 2.09. The highest BCUT2D eigenvalue weighted by atomic mass is 19.3. The van der Waals surface area contributed by atoms with Crippen molar-refractivity contribution in [3.63, 3.8) is 0 Å². The molecule has 9 heavy (non-hydrogen) atoms. The van der Waals surface area contributed by atoms with Gasteiger partial charge in [-0.3, -0.25) is 0 Å². The minimum absolute atomic E-state index is 0.730. The van der Waals surface area contributed by atoms with Gasteiger partial charge in [-0.05, 0) is 0 Å². The second-order valence-corrected chi connectivity index (χ2v) is 1.23. The summed E-state index contributed by atoms with van der Waals surface area (Å²) in [5.41, 5.74) is 0. The Morgan fingerprint density at radius 1 is 1.56 bits per heavy atom. The number of hydrogen-bond acceptors (Lipinski definition) is 2. The Kier molecular flexibility index (Phi) is 3.83. The molecule has 5 heteroatoms. The average Bonchev–Trinajstić information content (AvgIpc) is 1.82. The molecule has 0 bridgehead atoms. The molecular weight excluding hydrogens is 137 g/mol. The lowest BCUT2D eigenvalue weighted by atomic mass is 10.4. The fourth-order valence-corrected chi connectivity index (χ4v) is 0.212. The van der Waals surface area contributed by atoms with E-state index in [0.29, 0.717) is 0 Å². The first kappa shape index (κ1) is 8.26. The Labute approximate surface area is 49.6 Å². The molecule has 0 aliphatic carbocycles. The second-order valence-electron chi connectivity index (χ2n) is 1.23. The van der Waals surface area contributed by atoms with Gasteiger partial charge in [0.15, 0.2) is 6.10 Å². The van der Waals surface area contributed by atoms with E-state index in [2.05, 4.69) is 4.74 Å². The van der Waals surface area contributed by atoms with Crippen molar-refractivity contribution in [2.45, 2.75) is 12.5 Å². The SMILES string of the molecule is O=[C]OC(CF)C(F)F. The summed E-state index contributed by atoms with van der Waals surface area (Å²) in [4.78, 5) is 9.23. The molecule has 0 saturated carbocycles. The van der Waals surface area contributed by atoms with Crippen LogP contribution in [0, 0.1) is 0 Å². The van der Waals surface area contributed by atoms with Crippen LogP contribution in [-0.2, 0) is 9.53 Å². The molecule has 0 saturated heterocycles. The van der Waals surface area contributed by atoms with Gasteiger partial charge in [-0.25, -0.2) is 18.0 Å². The maximum atomic E-state index is 11.3. The van der Waals surface area contributed by atoms with Crippen LogP contribution < -0.4 is 0 Å². The molecule has 0 amide bonds. The van der Waals surface area contributed by atoms with Crippen molar-refractivity contribution in [3.05, 3.63) is 0 Å². The quantitative estimate of drug-likeness (QED) is 0.575. The first-order valence-electron chi connectivity index (χ1n) is 2.09. The van der Waals surface area contributed by atoms with Gasteiger partial charge in [0.2, 0.25) is 0 Å². The predicted octanol–water partition coefficient (Wildman–Crippen LogP) is 0.673. The summed E-state index contributed by atoms with van der Waals surface area (Å²) in [5, 5.41) is 0. The summed E-state index contributed by atoms with van der Waals surface area (Å²) in [7, 11) is 0. The number of halogens is 3. The third-order valence-electron chi connectivity index (χ3n) is 0.633. The van der Waals surface area contributed by atoms with Crippen LogP contribution in [0.15, 0.2) is 0 Å². The van der Waals surface area contributed by atoms with Crippen LogP contribution >= 0.6 is 0 Å². The molecule has 1 unspecified atom stereocenters. The van der Waals surface area contributed by atoms with E-state index in [9.17, 15) is 18.0 Å². The molecule has 0 rings (SSSR count). The highest BCUT2D eigenvalue weighted by Gasteiger charge is 2.21. The molecule has 0 N–H and O–H groups in total. The van der Waals surface area contributed by atoms with Gasteiger partial charge in [0.1, 0.15) is 6.67 Å². The van der Waals surface area contributed by atoms with E-state index in [4.69, 9.17) is 0 Å². The van der Waals surface area contributed by atoms with Gasteiger partial charge in [0.25, 0.3) is 6.43 Å². The average molecular weight is 141 g/mol. The van der Waals surface area contributed by atoms with Crippen LogP contribution in [0.5, 0.6) is 0 Å². The summed E-state index contributed by atoms with van der Waals surface area (Å²) >= 11 is 0. The van der Waals surface area contributed by atoms with E-state index < -0.39 is 19.2 Å². The van der Waals surface area contributed by atoms with Crippen molar-refractivity contribution in [2.24, 2.45) is 0 Å². The summed E-state index contributed by atoms with van der Waals surface area (Å²) in [6.45, 7) is -0.652. The van der Waals surface area contributed by atoms with Crippen molar-refractivity contribution in [1.29, 1.82) is 0 Å². The lowest BCUT2D eigenvalue weighted by molar-refractivity contribution is -0.00980. The van der Waals surface area contributed by atoms with E-state index >= 15 is 0 Å². The zero-order valence-corrected chi connectivity index (χ0v) is 4.31. The third kappa shape index (κ3) is 2.94. The van der Waals surface area contributed by atoms with Crippen LogP contribution in [0.25, 0.3) is 0 Å². The Bertz CT molecular complexity index is 85.9. The summed E-state index contributed by atoms with van der Waals surface area (Å²) in [6, 6.07) is 0. The summed E-state index contributed by atoms with van der Waals surface area (Å²) in [6.07, 6.45) is -4.93. The van der Waals surface area contributed by atoms with E-state index in [1.807, 2.05) is 0 Å². The number of hydrogen-bond donors (Lipinski definition) is 0. The Hall–Kier alpha value is -0.740. The molecule has 0 aromatic rings. The molecule has 1 atom stereocenters. The number of ether oxygens (including phenoxy) is 1. The highest BCUT2D eigenvalue weighted by molar-refractivity contribution is 5.38. The minimum Gasteiger partial charge on any atom is -0.445 e. The third-order valence-corrected chi connectivity index (χ3v) is 0.633. The normalized spacial score (nSPS) is 13.3. The van der Waals surface area contributed by atoms with Gasteiger partial charge in [0.05, 0.1) is 0 Å². The fraction of sp³-hybridized carbons (Fsp3) is 0.750. The smallest absolute Gasteiger partial charge is 0.418 e. The molecule has 1 radical (unpaired) electrons. The highest BCUT2D eigenvalue weighted by Crippen LogP contribution is 2.04. The van der Waals surface area contributed by atoms with Gasteiger partial charge in [0, 0.05) is 0 Å². The van der Waals surface area contributed by atoms with Crippen LogP contribution in [-0.4, -0.2) is 25.7 Å². The minimum atomic E-state index is -2.98. The van der Waals surface area contributed by atoms with Gasteiger partial charge >= 0.3 is 6.47 Å². The van der Waals surface area contributed by atoms with E-state index in [1.165, 1.54) is 0 Å². The number of alkyl halides is 3. The molecule has 2 nitrogen and oxygen atoms in total. The zero-order valence-electron chi connectivity index (χ0n) is 4.31. The van der Waals surface area contributed by atoms with E-state index in [-0.39, 0.29) is 0 Å². The molecule has 0 aliphatic heterocycles. The summed E-state index contributed by atoms with van der Waals surface area (Å²) in [5.74, 6) is 0. The van der Waals surface area contributed by atoms with Crippen LogP contribution in [0.4, 0.5) is 13.2 Å². The van der Waals surface area contributed by atoms with Crippen molar-refractivity contribution in [3.8, 4) is 0 Å². The van der Waals surface area contributed by atoms with E-state index in [0.717, 1.165) is 6.47 Å². The largest absolute Gasteiger partial charge is 0.445 e. The predicted molar refractivity (Wildman–Crippen MR) is 22.5 cm³/mol. The monoisotopic (exact) mass is 141 g/mol. The Morgan fingerprint density at radius 3 is 2.22 bits per heavy atom. The van der Waals surface area contributed by atoms with Crippen molar-refractivity contribution in [1.82, 2.24) is 0 Å². The van der Waals surface area contributed by atoms with Crippen LogP contribution in [0.1, 0.15) is 0 Å². The molecular formula is C4H4F3O2. The maximum absolute atomic E-state index is 11.3. The van der Waals surface area contributed by atoms with Gasteiger partial charge in [-0.15, -0.1) is 0 Å². The lowest BCUT2D eigenvalue weighted by Gasteiger charge is -2.06. The van der Waals surface area contributed by atoms with Crippen molar-refractivity contribution >= 4 is 6.47 Å². The van der Waals surface area contributed by atoms with Gasteiger partial charge in [-0.1, -0.05) is 0 Å². The number of carbonyl (C=O) groups excluding carboxylic acids is 1. The van der Waals surface area contributed by atoms with Gasteiger partial charge < -0.3 is 4.74 Å². The molecule has 0 aliphatic rings. The molecule has 0 aromatic carbocycles. The van der Waals surface area contributed by atoms with Crippen molar-refractivity contribution < 1.29 is 22.7 Å². The lowest BCUT2D eigenvalue weighted by Crippen LogP contribution is -2.23. The molecule has 0 heterocycles. The Morgan fingerprint density at radius 2 is 2.11 bits per heavy atom. The molecule has 0 aromatic heterocycles. The molecule has 0 spiro atoms. The topological polar surface area (TPSA) is 26.3 Å². The Balaban J connectivity index is 3.53. The number of rotatable bonds is 4. The summed E-state index contributed by atoms with van der Waals surface area (Å²) < 4.78 is 37.5. The van der Waals surface area contributed by atoms with Gasteiger partial charge in [-0.2, -0.15) is 0 Å². The standard InChI is InChI=1S/C4H4F3O2/c5-1-3(4(6)7)9-2-8/h3-4H,1H2. The zero-order chi connectivity index (χ0) is 7.28.